The fraction of sp³-hybridized carbons (Fsp3) is 0.333. The molecule has 2 aliphatic heterocycles. The fourth-order valence-corrected chi connectivity index (χ4v) is 2.48. The van der Waals surface area contributed by atoms with Crippen LogP contribution in [0.3, 0.4) is 0 Å². The predicted octanol–water partition coefficient (Wildman–Crippen LogP) is -0.193. The van der Waals surface area contributed by atoms with E-state index in [4.69, 9.17) is 0 Å². The number of amides is 2. The van der Waals surface area contributed by atoms with Gasteiger partial charge in [-0.25, -0.2) is 0 Å². The molecule has 1 atom stereocenters. The molecule has 0 aliphatic carbocycles. The lowest BCUT2D eigenvalue weighted by Gasteiger charge is -2.31. The minimum atomic E-state index is -1.39. The standard InChI is InChI=1S/C12H12N2O3/c15-10-5-6-14-11(16)8-3-1-2-4-9(8)12(14,17)7-13-10/h1-4,17H,5-7H2,(H,13,15). The van der Waals surface area contributed by atoms with Crippen molar-refractivity contribution in [3.05, 3.63) is 35.4 Å². The summed E-state index contributed by atoms with van der Waals surface area (Å²) >= 11 is 0. The van der Waals surface area contributed by atoms with E-state index in [1.165, 1.54) is 4.90 Å². The first-order valence-electron chi connectivity index (χ1n) is 5.53. The number of aliphatic hydroxyl groups is 1. The molecule has 0 spiro atoms. The summed E-state index contributed by atoms with van der Waals surface area (Å²) in [5.41, 5.74) is -0.293. The molecule has 1 saturated heterocycles. The molecule has 0 aromatic heterocycles. The Labute approximate surface area is 98.0 Å². The summed E-state index contributed by atoms with van der Waals surface area (Å²) in [6.07, 6.45) is 0.224. The number of carbonyl (C=O) groups excluding carboxylic acids is 2. The first-order chi connectivity index (χ1) is 8.13. The Balaban J connectivity index is 2.13. The van der Waals surface area contributed by atoms with Crippen LogP contribution in [0.2, 0.25) is 0 Å². The molecule has 1 fully saturated rings. The Morgan fingerprint density at radius 3 is 2.88 bits per heavy atom. The maximum atomic E-state index is 12.1. The zero-order valence-corrected chi connectivity index (χ0v) is 9.14. The zero-order valence-electron chi connectivity index (χ0n) is 9.14. The lowest BCUT2D eigenvalue weighted by molar-refractivity contribution is -0.121. The average molecular weight is 232 g/mol. The second-order valence-electron chi connectivity index (χ2n) is 4.35. The summed E-state index contributed by atoms with van der Waals surface area (Å²) in [5, 5.41) is 13.3. The topological polar surface area (TPSA) is 69.6 Å². The number of nitrogens with zero attached hydrogens (tertiary/aromatic N) is 1. The minimum Gasteiger partial charge on any atom is -0.365 e. The first kappa shape index (κ1) is 10.3. The van der Waals surface area contributed by atoms with Gasteiger partial charge in [0.25, 0.3) is 5.91 Å². The molecular weight excluding hydrogens is 220 g/mol. The van der Waals surface area contributed by atoms with Gasteiger partial charge < -0.3 is 15.3 Å². The lowest BCUT2D eigenvalue weighted by atomic mass is 10.0. The Morgan fingerprint density at radius 2 is 2.06 bits per heavy atom. The molecule has 5 nitrogen and oxygen atoms in total. The molecule has 1 aromatic carbocycles. The Morgan fingerprint density at radius 1 is 1.29 bits per heavy atom. The summed E-state index contributed by atoms with van der Waals surface area (Å²) in [5.74, 6) is -0.349. The third-order valence-electron chi connectivity index (χ3n) is 3.38. The van der Waals surface area contributed by atoms with Crippen LogP contribution >= 0.6 is 0 Å². The van der Waals surface area contributed by atoms with Crippen molar-refractivity contribution in [3.63, 3.8) is 0 Å². The molecule has 3 rings (SSSR count). The highest BCUT2D eigenvalue weighted by Gasteiger charge is 2.49. The SMILES string of the molecule is O=C1CCN2C(=O)c3ccccc3C2(O)CN1. The largest absolute Gasteiger partial charge is 0.365 e. The van der Waals surface area contributed by atoms with Gasteiger partial charge in [0, 0.05) is 24.1 Å². The van der Waals surface area contributed by atoms with Gasteiger partial charge in [0.05, 0.1) is 6.54 Å². The van der Waals surface area contributed by atoms with Crippen molar-refractivity contribution in [1.29, 1.82) is 0 Å². The van der Waals surface area contributed by atoms with E-state index < -0.39 is 5.72 Å². The monoisotopic (exact) mass is 232 g/mol. The van der Waals surface area contributed by atoms with E-state index in [-0.39, 0.29) is 31.3 Å². The normalized spacial score (nSPS) is 27.2. The number of fused-ring (bicyclic) bond motifs is 3. The van der Waals surface area contributed by atoms with E-state index in [9.17, 15) is 14.7 Å². The smallest absolute Gasteiger partial charge is 0.256 e. The third kappa shape index (κ3) is 1.29. The number of β-amino-alcohol motifs (C(OH)–C–C–N with tert-alkyl or cyclic N) is 1. The second-order valence-corrected chi connectivity index (χ2v) is 4.35. The van der Waals surface area contributed by atoms with Crippen LogP contribution in [-0.4, -0.2) is 34.9 Å². The van der Waals surface area contributed by atoms with Crippen molar-refractivity contribution in [1.82, 2.24) is 10.2 Å². The highest BCUT2D eigenvalue weighted by Crippen LogP contribution is 2.37. The van der Waals surface area contributed by atoms with Gasteiger partial charge in [-0.1, -0.05) is 18.2 Å². The van der Waals surface area contributed by atoms with Gasteiger partial charge in [-0.2, -0.15) is 0 Å². The molecule has 88 valence electrons. The van der Waals surface area contributed by atoms with E-state index in [1.807, 2.05) is 0 Å². The molecule has 1 aromatic rings. The van der Waals surface area contributed by atoms with Crippen molar-refractivity contribution < 1.29 is 14.7 Å². The second kappa shape index (κ2) is 3.30. The number of carbonyl (C=O) groups is 2. The molecular formula is C12H12N2O3. The van der Waals surface area contributed by atoms with Crippen molar-refractivity contribution in [2.45, 2.75) is 12.1 Å². The van der Waals surface area contributed by atoms with Crippen molar-refractivity contribution >= 4 is 11.8 Å². The molecule has 0 saturated carbocycles. The summed E-state index contributed by atoms with van der Waals surface area (Å²) in [4.78, 5) is 24.8. The maximum Gasteiger partial charge on any atom is 0.256 e. The quantitative estimate of drug-likeness (QED) is 0.651. The molecule has 17 heavy (non-hydrogen) atoms. The van der Waals surface area contributed by atoms with Crippen LogP contribution in [0.15, 0.2) is 24.3 Å². The van der Waals surface area contributed by atoms with Crippen LogP contribution in [-0.2, 0) is 10.5 Å². The summed E-state index contributed by atoms with van der Waals surface area (Å²) < 4.78 is 0. The zero-order chi connectivity index (χ0) is 12.0. The molecule has 0 radical (unpaired) electrons. The summed E-state index contributed by atoms with van der Waals surface area (Å²) in [7, 11) is 0. The Kier molecular flexibility index (Phi) is 2.00. The number of hydrogen-bond donors (Lipinski definition) is 2. The predicted molar refractivity (Wildman–Crippen MR) is 59.0 cm³/mol. The molecule has 2 N–H and O–H groups in total. The van der Waals surface area contributed by atoms with Gasteiger partial charge in [0.2, 0.25) is 5.91 Å². The van der Waals surface area contributed by atoms with Crippen molar-refractivity contribution in [3.8, 4) is 0 Å². The van der Waals surface area contributed by atoms with E-state index in [1.54, 1.807) is 24.3 Å². The number of hydrogen-bond acceptors (Lipinski definition) is 3. The molecule has 2 amide bonds. The average Bonchev–Trinajstić information content (AvgIpc) is 2.46. The molecule has 2 aliphatic rings. The van der Waals surface area contributed by atoms with Gasteiger partial charge in [-0.3, -0.25) is 9.59 Å². The first-order valence-corrected chi connectivity index (χ1v) is 5.53. The number of nitrogens with one attached hydrogen (secondary N) is 1. The highest BCUT2D eigenvalue weighted by molar-refractivity contribution is 6.00. The van der Waals surface area contributed by atoms with E-state index >= 15 is 0 Å². The Bertz CT molecular complexity index is 514. The molecule has 0 bridgehead atoms. The number of rotatable bonds is 0. The summed E-state index contributed by atoms with van der Waals surface area (Å²) in [6, 6.07) is 6.97. The van der Waals surface area contributed by atoms with Gasteiger partial charge >= 0.3 is 0 Å². The van der Waals surface area contributed by atoms with E-state index in [2.05, 4.69) is 5.32 Å². The number of benzene rings is 1. The van der Waals surface area contributed by atoms with Crippen LogP contribution in [0.4, 0.5) is 0 Å². The van der Waals surface area contributed by atoms with Crippen LogP contribution in [0.25, 0.3) is 0 Å². The lowest BCUT2D eigenvalue weighted by Crippen LogP contribution is -2.48. The fourth-order valence-electron chi connectivity index (χ4n) is 2.48. The molecule has 5 heteroatoms. The van der Waals surface area contributed by atoms with Crippen LogP contribution < -0.4 is 5.32 Å². The van der Waals surface area contributed by atoms with Crippen LogP contribution in [0.5, 0.6) is 0 Å². The van der Waals surface area contributed by atoms with Crippen molar-refractivity contribution in [2.24, 2.45) is 0 Å². The maximum absolute atomic E-state index is 12.1. The van der Waals surface area contributed by atoms with Gasteiger partial charge in [0.15, 0.2) is 5.72 Å². The van der Waals surface area contributed by atoms with Crippen LogP contribution in [0.1, 0.15) is 22.3 Å². The van der Waals surface area contributed by atoms with Crippen LogP contribution in [0, 0.1) is 0 Å². The van der Waals surface area contributed by atoms with E-state index in [0.717, 1.165) is 0 Å². The van der Waals surface area contributed by atoms with Gasteiger partial charge in [-0.05, 0) is 6.07 Å². The van der Waals surface area contributed by atoms with E-state index in [0.29, 0.717) is 11.1 Å². The molecule has 1 unspecified atom stereocenters. The minimum absolute atomic E-state index is 0.0502. The summed E-state index contributed by atoms with van der Waals surface area (Å²) in [6.45, 7) is 0.296. The Hall–Kier alpha value is -1.88. The van der Waals surface area contributed by atoms with Gasteiger partial charge in [-0.15, -0.1) is 0 Å². The van der Waals surface area contributed by atoms with Crippen molar-refractivity contribution in [2.75, 3.05) is 13.1 Å². The third-order valence-corrected chi connectivity index (χ3v) is 3.38. The molecule has 2 heterocycles. The highest BCUT2D eigenvalue weighted by atomic mass is 16.3. The van der Waals surface area contributed by atoms with Gasteiger partial charge in [0.1, 0.15) is 0 Å².